The maximum Gasteiger partial charge on any atom is 0.338 e. The molecule has 0 spiro atoms. The number of nitrogens with two attached hydrogens (primary N) is 1. The first-order chi connectivity index (χ1) is 12.4. The molecule has 1 atom stereocenters. The van der Waals surface area contributed by atoms with Gasteiger partial charge in [0.1, 0.15) is 6.04 Å². The summed E-state index contributed by atoms with van der Waals surface area (Å²) < 4.78 is 10.0. The average Bonchev–Trinajstić information content (AvgIpc) is 2.66. The number of likely N-dealkylation sites (tertiary alicyclic amines) is 1. The number of hydrogen-bond acceptors (Lipinski definition) is 6. The average molecular weight is 362 g/mol. The first-order valence-electron chi connectivity index (χ1n) is 8.47. The highest BCUT2D eigenvalue weighted by molar-refractivity contribution is 5.96. The molecule has 1 aromatic rings. The summed E-state index contributed by atoms with van der Waals surface area (Å²) in [4.78, 5) is 48.8. The van der Waals surface area contributed by atoms with Crippen LogP contribution in [0.15, 0.2) is 24.3 Å². The highest BCUT2D eigenvalue weighted by Gasteiger charge is 2.33. The number of nitrogens with zero attached hydrogens (tertiary/aromatic N) is 1. The summed E-state index contributed by atoms with van der Waals surface area (Å²) in [5.74, 6) is -2.17. The number of carbonyl (C=O) groups is 4. The van der Waals surface area contributed by atoms with E-state index in [9.17, 15) is 19.2 Å². The van der Waals surface area contributed by atoms with Crippen LogP contribution in [0.25, 0.3) is 0 Å². The Balaban J connectivity index is 1.94. The third kappa shape index (κ3) is 4.81. The van der Waals surface area contributed by atoms with Gasteiger partial charge in [0.2, 0.25) is 5.91 Å². The van der Waals surface area contributed by atoms with Gasteiger partial charge in [0.25, 0.3) is 5.91 Å². The number of rotatable bonds is 6. The van der Waals surface area contributed by atoms with E-state index in [0.717, 1.165) is 12.8 Å². The van der Waals surface area contributed by atoms with Gasteiger partial charge < -0.3 is 20.1 Å². The van der Waals surface area contributed by atoms with Gasteiger partial charge in [-0.05, 0) is 50.5 Å². The molecule has 0 radical (unpaired) electrons. The van der Waals surface area contributed by atoms with Crippen molar-refractivity contribution in [3.8, 4) is 0 Å². The molecule has 2 amide bonds. The minimum atomic E-state index is -0.695. The summed E-state index contributed by atoms with van der Waals surface area (Å²) in [6, 6.07) is 4.97. The molecule has 0 aromatic heterocycles. The number of esters is 2. The van der Waals surface area contributed by atoms with Gasteiger partial charge in [0.15, 0.2) is 6.61 Å². The number of ether oxygens (including phenoxy) is 2. The Morgan fingerprint density at radius 1 is 1.08 bits per heavy atom. The fraction of sp³-hybridized carbons (Fsp3) is 0.444. The summed E-state index contributed by atoms with van der Waals surface area (Å²) >= 11 is 0. The van der Waals surface area contributed by atoms with Gasteiger partial charge in [0, 0.05) is 12.1 Å². The van der Waals surface area contributed by atoms with Gasteiger partial charge in [-0.3, -0.25) is 9.59 Å². The Labute approximate surface area is 151 Å². The van der Waals surface area contributed by atoms with E-state index in [0.29, 0.717) is 13.0 Å². The summed E-state index contributed by atoms with van der Waals surface area (Å²) in [6.45, 7) is 1.91. The zero-order chi connectivity index (χ0) is 19.1. The summed E-state index contributed by atoms with van der Waals surface area (Å²) in [7, 11) is 0. The number of amides is 2. The maximum absolute atomic E-state index is 12.4. The molecule has 8 nitrogen and oxygen atoms in total. The molecule has 26 heavy (non-hydrogen) atoms. The first-order valence-corrected chi connectivity index (χ1v) is 8.47. The monoisotopic (exact) mass is 362 g/mol. The van der Waals surface area contributed by atoms with E-state index in [2.05, 4.69) is 0 Å². The summed E-state index contributed by atoms with van der Waals surface area (Å²) in [6.07, 6.45) is 2.15. The van der Waals surface area contributed by atoms with Crippen molar-refractivity contribution in [2.45, 2.75) is 32.2 Å². The second-order valence-corrected chi connectivity index (χ2v) is 5.87. The van der Waals surface area contributed by atoms with Crippen LogP contribution in [-0.4, -0.2) is 54.5 Å². The predicted molar refractivity (Wildman–Crippen MR) is 91.2 cm³/mol. The Morgan fingerprint density at radius 2 is 1.73 bits per heavy atom. The minimum absolute atomic E-state index is 0.198. The molecule has 1 unspecified atom stereocenters. The normalized spacial score (nSPS) is 16.7. The Hall–Kier alpha value is -2.90. The van der Waals surface area contributed by atoms with Crippen LogP contribution in [0.2, 0.25) is 0 Å². The predicted octanol–water partition coefficient (Wildman–Crippen LogP) is 0.886. The Kier molecular flexibility index (Phi) is 6.71. The van der Waals surface area contributed by atoms with Gasteiger partial charge in [-0.25, -0.2) is 9.59 Å². The number of piperidine rings is 1. The highest BCUT2D eigenvalue weighted by Crippen LogP contribution is 2.18. The molecule has 140 valence electrons. The Bertz CT molecular complexity index is 685. The molecule has 8 heteroatoms. The number of primary amides is 1. The second kappa shape index (κ2) is 8.98. The van der Waals surface area contributed by atoms with Crippen molar-refractivity contribution in [3.63, 3.8) is 0 Å². The van der Waals surface area contributed by atoms with Crippen LogP contribution >= 0.6 is 0 Å². The van der Waals surface area contributed by atoms with Crippen LogP contribution in [-0.2, 0) is 19.1 Å². The molecular weight excluding hydrogens is 340 g/mol. The quantitative estimate of drug-likeness (QED) is 0.751. The summed E-state index contributed by atoms with van der Waals surface area (Å²) in [5.41, 5.74) is 5.60. The van der Waals surface area contributed by atoms with Crippen molar-refractivity contribution in [2.24, 2.45) is 5.73 Å². The topological polar surface area (TPSA) is 116 Å². The van der Waals surface area contributed by atoms with Crippen LogP contribution in [0, 0.1) is 0 Å². The maximum atomic E-state index is 12.4. The van der Waals surface area contributed by atoms with Crippen LogP contribution < -0.4 is 5.73 Å². The van der Waals surface area contributed by atoms with Gasteiger partial charge >= 0.3 is 11.9 Å². The van der Waals surface area contributed by atoms with Crippen LogP contribution in [0.3, 0.4) is 0 Å². The first kappa shape index (κ1) is 19.4. The smallest absolute Gasteiger partial charge is 0.338 e. The molecule has 1 heterocycles. The van der Waals surface area contributed by atoms with Crippen molar-refractivity contribution < 1.29 is 28.7 Å². The van der Waals surface area contributed by atoms with Crippen molar-refractivity contribution >= 4 is 23.8 Å². The van der Waals surface area contributed by atoms with Gasteiger partial charge in [-0.1, -0.05) is 0 Å². The van der Waals surface area contributed by atoms with Crippen molar-refractivity contribution in [3.05, 3.63) is 35.4 Å². The zero-order valence-corrected chi connectivity index (χ0v) is 14.6. The van der Waals surface area contributed by atoms with E-state index in [1.54, 1.807) is 6.92 Å². The Morgan fingerprint density at radius 3 is 2.35 bits per heavy atom. The molecule has 1 aliphatic rings. The largest absolute Gasteiger partial charge is 0.464 e. The third-order valence-corrected chi connectivity index (χ3v) is 4.11. The van der Waals surface area contributed by atoms with E-state index < -0.39 is 36.4 Å². The fourth-order valence-electron chi connectivity index (χ4n) is 2.78. The molecular formula is C18H22N2O6. The zero-order valence-electron chi connectivity index (χ0n) is 14.6. The molecule has 2 N–H and O–H groups in total. The van der Waals surface area contributed by atoms with Crippen molar-refractivity contribution in [1.29, 1.82) is 0 Å². The molecule has 2 rings (SSSR count). The molecule has 0 bridgehead atoms. The second-order valence-electron chi connectivity index (χ2n) is 5.87. The molecule has 1 fully saturated rings. The standard InChI is InChI=1S/C18H22N2O6/c1-2-25-18(24)14-5-3-4-10-20(14)15(21)11-26-17(23)13-8-6-12(7-9-13)16(19)22/h6-9,14H,2-5,10-11H2,1H3,(H2,19,22). The van der Waals surface area contributed by atoms with E-state index in [1.165, 1.54) is 29.2 Å². The van der Waals surface area contributed by atoms with Crippen molar-refractivity contribution in [2.75, 3.05) is 19.8 Å². The molecule has 1 aromatic carbocycles. The van der Waals surface area contributed by atoms with Gasteiger partial charge in [0.05, 0.1) is 12.2 Å². The number of benzene rings is 1. The minimum Gasteiger partial charge on any atom is -0.464 e. The van der Waals surface area contributed by atoms with Crippen LogP contribution in [0.1, 0.15) is 46.9 Å². The van der Waals surface area contributed by atoms with Crippen molar-refractivity contribution in [1.82, 2.24) is 4.90 Å². The lowest BCUT2D eigenvalue weighted by atomic mass is 10.0. The van der Waals surface area contributed by atoms with E-state index in [-0.39, 0.29) is 17.7 Å². The fourth-order valence-corrected chi connectivity index (χ4v) is 2.78. The lowest BCUT2D eigenvalue weighted by molar-refractivity contribution is -0.157. The number of carbonyl (C=O) groups excluding carboxylic acids is 4. The van der Waals surface area contributed by atoms with E-state index in [1.807, 2.05) is 0 Å². The highest BCUT2D eigenvalue weighted by atomic mass is 16.5. The molecule has 1 aliphatic heterocycles. The molecule has 0 aliphatic carbocycles. The SMILES string of the molecule is CCOC(=O)C1CCCCN1C(=O)COC(=O)c1ccc(C(N)=O)cc1. The lowest BCUT2D eigenvalue weighted by Gasteiger charge is -2.33. The summed E-state index contributed by atoms with van der Waals surface area (Å²) in [5, 5.41) is 0. The molecule has 0 saturated carbocycles. The third-order valence-electron chi connectivity index (χ3n) is 4.11. The van der Waals surface area contributed by atoms with Crippen LogP contribution in [0.5, 0.6) is 0 Å². The number of hydrogen-bond donors (Lipinski definition) is 1. The van der Waals surface area contributed by atoms with E-state index in [4.69, 9.17) is 15.2 Å². The molecule has 1 saturated heterocycles. The van der Waals surface area contributed by atoms with Gasteiger partial charge in [-0.2, -0.15) is 0 Å². The van der Waals surface area contributed by atoms with Crippen LogP contribution in [0.4, 0.5) is 0 Å². The van der Waals surface area contributed by atoms with E-state index >= 15 is 0 Å². The van der Waals surface area contributed by atoms with Gasteiger partial charge in [-0.15, -0.1) is 0 Å². The lowest BCUT2D eigenvalue weighted by Crippen LogP contribution is -2.50.